The summed E-state index contributed by atoms with van der Waals surface area (Å²) in [6.45, 7) is 1.76. The van der Waals surface area contributed by atoms with Crippen LogP contribution in [0.2, 0.25) is 0 Å². The van der Waals surface area contributed by atoms with Crippen molar-refractivity contribution in [3.05, 3.63) is 28.2 Å². The lowest BCUT2D eigenvalue weighted by Crippen LogP contribution is -2.30. The number of hydrogen-bond acceptors (Lipinski definition) is 3. The van der Waals surface area contributed by atoms with Gasteiger partial charge in [0.2, 0.25) is 0 Å². The van der Waals surface area contributed by atoms with Crippen LogP contribution in [0.1, 0.15) is 18.4 Å². The number of halogens is 1. The molecule has 3 rings (SSSR count). The second-order valence-electron chi connectivity index (χ2n) is 5.08. The first-order valence-electron chi connectivity index (χ1n) is 5.96. The summed E-state index contributed by atoms with van der Waals surface area (Å²) in [5.74, 6) is 0. The number of hydrogen-bond donors (Lipinski definition) is 1. The van der Waals surface area contributed by atoms with Crippen LogP contribution in [0.15, 0.2) is 27.6 Å². The van der Waals surface area contributed by atoms with E-state index < -0.39 is 0 Å². The Morgan fingerprint density at radius 2 is 2.18 bits per heavy atom. The van der Waals surface area contributed by atoms with Crippen LogP contribution in [0.5, 0.6) is 0 Å². The summed E-state index contributed by atoms with van der Waals surface area (Å²) in [6, 6.07) is 6.63. The molecule has 0 amide bonds. The molecule has 0 aromatic heterocycles. The van der Waals surface area contributed by atoms with Crippen LogP contribution in [-0.2, 0) is 11.2 Å². The first kappa shape index (κ1) is 12.0. The first-order valence-corrected chi connectivity index (χ1v) is 7.64. The maximum Gasteiger partial charge on any atom is 0.0611 e. The van der Waals surface area contributed by atoms with Gasteiger partial charge in [-0.25, -0.2) is 0 Å². The largest absolute Gasteiger partial charge is 0.379 e. The van der Waals surface area contributed by atoms with Crippen molar-refractivity contribution >= 4 is 27.7 Å². The summed E-state index contributed by atoms with van der Waals surface area (Å²) in [5, 5.41) is 0.626. The zero-order valence-electron chi connectivity index (χ0n) is 9.62. The van der Waals surface area contributed by atoms with Gasteiger partial charge in [-0.3, -0.25) is 0 Å². The Labute approximate surface area is 114 Å². The highest BCUT2D eigenvalue weighted by atomic mass is 79.9. The molecule has 0 unspecified atom stereocenters. The smallest absolute Gasteiger partial charge is 0.0611 e. The Balaban J connectivity index is 1.69. The molecule has 2 nitrogen and oxygen atoms in total. The van der Waals surface area contributed by atoms with E-state index in [1.54, 1.807) is 0 Å². The van der Waals surface area contributed by atoms with E-state index >= 15 is 0 Å². The van der Waals surface area contributed by atoms with Gasteiger partial charge in [0.05, 0.1) is 18.5 Å². The fraction of sp³-hybridized carbons (Fsp3) is 0.538. The van der Waals surface area contributed by atoms with Gasteiger partial charge in [-0.2, -0.15) is 0 Å². The third kappa shape index (κ3) is 2.87. The maximum atomic E-state index is 6.14. The molecule has 1 aliphatic heterocycles. The van der Waals surface area contributed by atoms with Gasteiger partial charge in [0.25, 0.3) is 0 Å². The van der Waals surface area contributed by atoms with Crippen molar-refractivity contribution < 1.29 is 4.74 Å². The van der Waals surface area contributed by atoms with Crippen molar-refractivity contribution in [2.45, 2.75) is 34.9 Å². The summed E-state index contributed by atoms with van der Waals surface area (Å²) < 4.78 is 6.38. The Morgan fingerprint density at radius 3 is 2.71 bits per heavy atom. The quantitative estimate of drug-likeness (QED) is 0.928. The lowest BCUT2D eigenvalue weighted by atomic mass is 10.1. The van der Waals surface area contributed by atoms with E-state index in [0.717, 1.165) is 19.6 Å². The maximum absolute atomic E-state index is 6.14. The number of benzene rings is 1. The van der Waals surface area contributed by atoms with Crippen molar-refractivity contribution in [3.63, 3.8) is 0 Å². The Kier molecular flexibility index (Phi) is 3.24. The molecule has 2 aliphatic rings. The fourth-order valence-electron chi connectivity index (χ4n) is 1.96. The second-order valence-corrected chi connectivity index (χ2v) is 7.28. The fourth-order valence-corrected chi connectivity index (χ4v) is 3.67. The Morgan fingerprint density at radius 1 is 1.41 bits per heavy atom. The molecule has 1 aromatic rings. The zero-order valence-corrected chi connectivity index (χ0v) is 12.0. The van der Waals surface area contributed by atoms with Crippen molar-refractivity contribution in [3.8, 4) is 0 Å². The Bertz CT molecular complexity index is 429. The molecular formula is C13H16BrNOS. The zero-order chi connectivity index (χ0) is 11.9. The molecule has 1 aromatic carbocycles. The minimum atomic E-state index is 0.0932. The van der Waals surface area contributed by atoms with Gasteiger partial charge >= 0.3 is 0 Å². The highest BCUT2D eigenvalue weighted by molar-refractivity contribution is 9.10. The average Bonchev–Trinajstić information content (AvgIpc) is 2.92. The van der Waals surface area contributed by atoms with Crippen molar-refractivity contribution in [2.75, 3.05) is 13.2 Å². The number of nitrogens with two attached hydrogens (primary N) is 1. The molecule has 0 bridgehead atoms. The number of thioether (sulfide) groups is 1. The van der Waals surface area contributed by atoms with Gasteiger partial charge < -0.3 is 10.5 Å². The molecule has 0 spiro atoms. The summed E-state index contributed by atoms with van der Waals surface area (Å²) >= 11 is 5.55. The first-order chi connectivity index (χ1) is 8.15. The summed E-state index contributed by atoms with van der Waals surface area (Å²) in [6.07, 6.45) is 3.34. The van der Waals surface area contributed by atoms with Gasteiger partial charge in [0, 0.05) is 14.9 Å². The minimum absolute atomic E-state index is 0.0932. The molecule has 1 heterocycles. The van der Waals surface area contributed by atoms with Gasteiger partial charge in [0.1, 0.15) is 0 Å². The van der Waals surface area contributed by atoms with Gasteiger partial charge in [0.15, 0.2) is 0 Å². The van der Waals surface area contributed by atoms with E-state index in [9.17, 15) is 0 Å². The lowest BCUT2D eigenvalue weighted by Gasteiger charge is -2.25. The highest BCUT2D eigenvalue weighted by Crippen LogP contribution is 2.38. The van der Waals surface area contributed by atoms with E-state index in [4.69, 9.17) is 10.5 Å². The van der Waals surface area contributed by atoms with Crippen LogP contribution >= 0.6 is 27.7 Å². The van der Waals surface area contributed by atoms with E-state index in [0.29, 0.717) is 5.25 Å². The summed E-state index contributed by atoms with van der Waals surface area (Å²) in [7, 11) is 0. The molecule has 92 valence electrons. The standard InChI is InChI=1S/C13H16BrNOS/c14-11-5-9(6-13(15)3-4-13)1-2-12(11)17-10-7-16-8-10/h1-2,5,10H,3-4,6-8,15H2. The summed E-state index contributed by atoms with van der Waals surface area (Å²) in [5.41, 5.74) is 7.57. The average molecular weight is 314 g/mol. The van der Waals surface area contributed by atoms with E-state index in [2.05, 4.69) is 34.1 Å². The molecule has 0 atom stereocenters. The predicted octanol–water partition coefficient (Wildman–Crippen LogP) is 2.97. The van der Waals surface area contributed by atoms with Gasteiger partial charge in [-0.15, -0.1) is 11.8 Å². The van der Waals surface area contributed by atoms with E-state index in [1.165, 1.54) is 27.8 Å². The van der Waals surface area contributed by atoms with Crippen molar-refractivity contribution in [2.24, 2.45) is 5.73 Å². The second kappa shape index (κ2) is 4.57. The molecule has 4 heteroatoms. The van der Waals surface area contributed by atoms with Gasteiger partial charge in [-0.05, 0) is 52.9 Å². The van der Waals surface area contributed by atoms with E-state index in [1.807, 2.05) is 11.8 Å². The van der Waals surface area contributed by atoms with Crippen LogP contribution in [0.4, 0.5) is 0 Å². The molecule has 0 radical (unpaired) electrons. The van der Waals surface area contributed by atoms with Crippen LogP contribution in [0.3, 0.4) is 0 Å². The minimum Gasteiger partial charge on any atom is -0.379 e. The highest BCUT2D eigenvalue weighted by Gasteiger charge is 2.38. The van der Waals surface area contributed by atoms with Crippen molar-refractivity contribution in [1.82, 2.24) is 0 Å². The van der Waals surface area contributed by atoms with Crippen LogP contribution in [0.25, 0.3) is 0 Å². The third-order valence-corrected chi connectivity index (χ3v) is 5.48. The van der Waals surface area contributed by atoms with Crippen LogP contribution in [-0.4, -0.2) is 24.0 Å². The molecule has 2 N–H and O–H groups in total. The van der Waals surface area contributed by atoms with Crippen LogP contribution in [0, 0.1) is 0 Å². The molecule has 1 saturated heterocycles. The molecule has 1 saturated carbocycles. The number of ether oxygens (including phenoxy) is 1. The van der Waals surface area contributed by atoms with Crippen LogP contribution < -0.4 is 5.73 Å². The SMILES string of the molecule is NC1(Cc2ccc(SC3COC3)c(Br)c2)CC1. The summed E-state index contributed by atoms with van der Waals surface area (Å²) in [4.78, 5) is 1.31. The molecular weight excluding hydrogens is 298 g/mol. The molecule has 2 fully saturated rings. The normalized spacial score (nSPS) is 22.2. The lowest BCUT2D eigenvalue weighted by molar-refractivity contribution is 0.0455. The monoisotopic (exact) mass is 313 g/mol. The van der Waals surface area contributed by atoms with E-state index in [-0.39, 0.29) is 5.54 Å². The van der Waals surface area contributed by atoms with Crippen molar-refractivity contribution in [1.29, 1.82) is 0 Å². The number of rotatable bonds is 4. The van der Waals surface area contributed by atoms with Gasteiger partial charge in [-0.1, -0.05) is 6.07 Å². The topological polar surface area (TPSA) is 35.2 Å². The predicted molar refractivity (Wildman–Crippen MR) is 74.5 cm³/mol. The third-order valence-electron chi connectivity index (χ3n) is 3.35. The Hall–Kier alpha value is -0.0300. The molecule has 1 aliphatic carbocycles. The molecule has 17 heavy (non-hydrogen) atoms.